The fraction of sp³-hybridized carbons (Fsp3) is 0.583. The van der Waals surface area contributed by atoms with Crippen molar-refractivity contribution in [1.82, 2.24) is 20.9 Å². The molecule has 0 saturated carbocycles. The van der Waals surface area contributed by atoms with Crippen molar-refractivity contribution in [1.29, 1.82) is 0 Å². The van der Waals surface area contributed by atoms with E-state index in [9.17, 15) is 19.2 Å². The number of benzene rings is 1. The van der Waals surface area contributed by atoms with E-state index in [1.165, 1.54) is 7.05 Å². The molecule has 0 aliphatic carbocycles. The number of nitrogens with one attached hydrogen (secondary N) is 3. The fourth-order valence-electron chi connectivity index (χ4n) is 3.86. The average molecular weight is 445 g/mol. The Labute approximate surface area is 190 Å². The molecule has 4 amide bonds. The van der Waals surface area contributed by atoms with Crippen LogP contribution < -0.4 is 16.0 Å². The molecule has 176 valence electrons. The Balaban J connectivity index is 2.38. The Morgan fingerprint density at radius 2 is 1.81 bits per heavy atom. The summed E-state index contributed by atoms with van der Waals surface area (Å²) < 4.78 is 0. The standard InChI is InChI=1S/C24H36N4O4/c1-16-20(30)28(15-18-11-8-7-9-12-18)14-10-13-24(16,27-21(31)23(3,4)5)22(32)26-17(2)19(29)25-6/h7-9,11-12,16-17H,10,13-15H2,1-6H3,(H,25,29)(H,26,32)(H,27,31)/t16-,17+,24+/m1/s1. The highest BCUT2D eigenvalue weighted by atomic mass is 16.2. The van der Waals surface area contributed by atoms with Crippen molar-refractivity contribution in [3.8, 4) is 0 Å². The number of likely N-dealkylation sites (N-methyl/N-ethyl adjacent to an activating group) is 1. The van der Waals surface area contributed by atoms with Gasteiger partial charge in [-0.15, -0.1) is 0 Å². The number of likely N-dealkylation sites (tertiary alicyclic amines) is 1. The maximum atomic E-state index is 13.5. The van der Waals surface area contributed by atoms with Gasteiger partial charge in [0.2, 0.25) is 23.6 Å². The smallest absolute Gasteiger partial charge is 0.247 e. The third-order valence-corrected chi connectivity index (χ3v) is 6.05. The van der Waals surface area contributed by atoms with Crippen LogP contribution in [0, 0.1) is 11.3 Å². The van der Waals surface area contributed by atoms with Gasteiger partial charge in [-0.05, 0) is 25.3 Å². The van der Waals surface area contributed by atoms with Crippen molar-refractivity contribution in [2.75, 3.05) is 13.6 Å². The highest BCUT2D eigenvalue weighted by Crippen LogP contribution is 2.32. The van der Waals surface area contributed by atoms with Crippen LogP contribution in [0.1, 0.15) is 53.0 Å². The summed E-state index contributed by atoms with van der Waals surface area (Å²) in [5, 5.41) is 8.11. The summed E-state index contributed by atoms with van der Waals surface area (Å²) in [6, 6.07) is 8.86. The van der Waals surface area contributed by atoms with Gasteiger partial charge in [-0.25, -0.2) is 0 Å². The van der Waals surface area contributed by atoms with Crippen LogP contribution in [0.3, 0.4) is 0 Å². The molecule has 8 heteroatoms. The molecule has 1 aromatic carbocycles. The number of hydrogen-bond donors (Lipinski definition) is 3. The summed E-state index contributed by atoms with van der Waals surface area (Å²) in [6.07, 6.45) is 0.828. The molecule has 0 aromatic heterocycles. The second-order valence-corrected chi connectivity index (χ2v) is 9.56. The van der Waals surface area contributed by atoms with E-state index < -0.39 is 28.8 Å². The zero-order chi connectivity index (χ0) is 24.1. The van der Waals surface area contributed by atoms with Crippen molar-refractivity contribution < 1.29 is 19.2 Å². The van der Waals surface area contributed by atoms with Crippen LogP contribution >= 0.6 is 0 Å². The van der Waals surface area contributed by atoms with Crippen molar-refractivity contribution in [3.63, 3.8) is 0 Å². The molecule has 0 radical (unpaired) electrons. The van der Waals surface area contributed by atoms with Crippen LogP contribution in [0.2, 0.25) is 0 Å². The number of carbonyl (C=O) groups is 4. The third-order valence-electron chi connectivity index (χ3n) is 6.05. The van der Waals surface area contributed by atoms with Gasteiger partial charge in [0.25, 0.3) is 0 Å². The quantitative estimate of drug-likeness (QED) is 0.619. The Kier molecular flexibility index (Phi) is 8.04. The largest absolute Gasteiger partial charge is 0.357 e. The van der Waals surface area contributed by atoms with E-state index in [1.54, 1.807) is 39.5 Å². The number of nitrogens with zero attached hydrogens (tertiary/aromatic N) is 1. The molecule has 1 heterocycles. The van der Waals surface area contributed by atoms with Gasteiger partial charge in [-0.3, -0.25) is 19.2 Å². The minimum absolute atomic E-state index is 0.205. The van der Waals surface area contributed by atoms with E-state index >= 15 is 0 Å². The van der Waals surface area contributed by atoms with Gasteiger partial charge in [-0.1, -0.05) is 58.0 Å². The Morgan fingerprint density at radius 1 is 1.19 bits per heavy atom. The number of hydrogen-bond acceptors (Lipinski definition) is 4. The highest BCUT2D eigenvalue weighted by Gasteiger charge is 2.51. The van der Waals surface area contributed by atoms with E-state index in [1.807, 2.05) is 30.3 Å². The first-order chi connectivity index (χ1) is 14.9. The monoisotopic (exact) mass is 444 g/mol. The van der Waals surface area contributed by atoms with Gasteiger partial charge >= 0.3 is 0 Å². The van der Waals surface area contributed by atoms with Gasteiger partial charge in [-0.2, -0.15) is 0 Å². The first-order valence-electron chi connectivity index (χ1n) is 11.1. The summed E-state index contributed by atoms with van der Waals surface area (Å²) >= 11 is 0. The molecule has 0 unspecified atom stereocenters. The minimum Gasteiger partial charge on any atom is -0.357 e. The maximum Gasteiger partial charge on any atom is 0.247 e. The molecular formula is C24H36N4O4. The lowest BCUT2D eigenvalue weighted by Crippen LogP contribution is -2.67. The molecule has 8 nitrogen and oxygen atoms in total. The van der Waals surface area contributed by atoms with E-state index in [4.69, 9.17) is 0 Å². The average Bonchev–Trinajstić information content (AvgIpc) is 2.86. The van der Waals surface area contributed by atoms with E-state index in [0.29, 0.717) is 25.9 Å². The first kappa shape index (κ1) is 25.4. The van der Waals surface area contributed by atoms with Crippen LogP contribution in [-0.4, -0.2) is 53.7 Å². The predicted molar refractivity (Wildman–Crippen MR) is 122 cm³/mol. The fourth-order valence-corrected chi connectivity index (χ4v) is 3.86. The lowest BCUT2D eigenvalue weighted by Gasteiger charge is -2.39. The van der Waals surface area contributed by atoms with Gasteiger partial charge < -0.3 is 20.9 Å². The third kappa shape index (κ3) is 5.66. The van der Waals surface area contributed by atoms with Crippen LogP contribution in [0.4, 0.5) is 0 Å². The van der Waals surface area contributed by atoms with Crippen LogP contribution in [0.5, 0.6) is 0 Å². The molecule has 3 N–H and O–H groups in total. The molecular weight excluding hydrogens is 408 g/mol. The van der Waals surface area contributed by atoms with E-state index in [-0.39, 0.29) is 17.7 Å². The molecule has 0 bridgehead atoms. The van der Waals surface area contributed by atoms with Crippen molar-refractivity contribution in [3.05, 3.63) is 35.9 Å². The van der Waals surface area contributed by atoms with Crippen molar-refractivity contribution in [2.45, 2.75) is 65.6 Å². The normalized spacial score (nSPS) is 22.5. The second kappa shape index (κ2) is 10.1. The molecule has 0 spiro atoms. The summed E-state index contributed by atoms with van der Waals surface area (Å²) in [5.41, 5.74) is -1.20. The second-order valence-electron chi connectivity index (χ2n) is 9.56. The zero-order valence-electron chi connectivity index (χ0n) is 20.0. The van der Waals surface area contributed by atoms with Crippen LogP contribution in [-0.2, 0) is 25.7 Å². The topological polar surface area (TPSA) is 108 Å². The Bertz CT molecular complexity index is 849. The predicted octanol–water partition coefficient (Wildman–Crippen LogP) is 1.60. The summed E-state index contributed by atoms with van der Waals surface area (Å²) in [5.74, 6) is -2.21. The van der Waals surface area contributed by atoms with Gasteiger partial charge in [0.15, 0.2) is 0 Å². The van der Waals surface area contributed by atoms with Crippen molar-refractivity contribution in [2.24, 2.45) is 11.3 Å². The van der Waals surface area contributed by atoms with Crippen LogP contribution in [0.25, 0.3) is 0 Å². The molecule has 1 aromatic rings. The molecule has 1 saturated heterocycles. The molecule has 32 heavy (non-hydrogen) atoms. The van der Waals surface area contributed by atoms with Crippen molar-refractivity contribution >= 4 is 23.6 Å². The Morgan fingerprint density at radius 3 is 2.38 bits per heavy atom. The van der Waals surface area contributed by atoms with E-state index in [0.717, 1.165) is 5.56 Å². The Hall–Kier alpha value is -2.90. The molecule has 2 rings (SSSR count). The summed E-state index contributed by atoms with van der Waals surface area (Å²) in [6.45, 7) is 9.43. The molecule has 3 atom stereocenters. The molecule has 1 aliphatic heterocycles. The molecule has 1 aliphatic rings. The van der Waals surface area contributed by atoms with Gasteiger partial charge in [0.05, 0.1) is 5.92 Å². The summed E-state index contributed by atoms with van der Waals surface area (Å²) in [7, 11) is 1.49. The van der Waals surface area contributed by atoms with E-state index in [2.05, 4.69) is 16.0 Å². The SMILES string of the molecule is CNC(=O)[C@H](C)NC(=O)[C@]1(NC(=O)C(C)(C)C)CCCN(Cc2ccccc2)C(=O)[C@H]1C. The van der Waals surface area contributed by atoms with Crippen LogP contribution in [0.15, 0.2) is 30.3 Å². The first-order valence-corrected chi connectivity index (χ1v) is 11.1. The summed E-state index contributed by atoms with van der Waals surface area (Å²) in [4.78, 5) is 53.7. The number of amides is 4. The lowest BCUT2D eigenvalue weighted by molar-refractivity contribution is -0.147. The highest BCUT2D eigenvalue weighted by molar-refractivity contribution is 5.99. The lowest BCUT2D eigenvalue weighted by atomic mass is 9.78. The van der Waals surface area contributed by atoms with Gasteiger partial charge in [0, 0.05) is 25.6 Å². The maximum absolute atomic E-state index is 13.5. The molecule has 1 fully saturated rings. The zero-order valence-corrected chi connectivity index (χ0v) is 20.0. The minimum atomic E-state index is -1.45. The van der Waals surface area contributed by atoms with Gasteiger partial charge in [0.1, 0.15) is 11.6 Å². The number of carbonyl (C=O) groups excluding carboxylic acids is 4. The number of rotatable bonds is 6.